The lowest BCUT2D eigenvalue weighted by atomic mass is 9.97. The number of amides is 1. The van der Waals surface area contributed by atoms with Crippen LogP contribution in [0.4, 0.5) is 13.2 Å². The Morgan fingerprint density at radius 3 is 2.20 bits per heavy atom. The summed E-state index contributed by atoms with van der Waals surface area (Å²) in [5.41, 5.74) is 1.14. The zero-order chi connectivity index (χ0) is 25.2. The number of aryl methyl sites for hydroxylation is 2. The van der Waals surface area contributed by atoms with Gasteiger partial charge in [0.05, 0.1) is 17.3 Å². The van der Waals surface area contributed by atoms with E-state index in [1.165, 1.54) is 25.1 Å². The van der Waals surface area contributed by atoms with Crippen molar-refractivity contribution in [3.8, 4) is 5.69 Å². The minimum absolute atomic E-state index is 0.0875. The van der Waals surface area contributed by atoms with Gasteiger partial charge in [0.1, 0.15) is 0 Å². The van der Waals surface area contributed by atoms with Gasteiger partial charge in [-0.3, -0.25) is 9.59 Å². The van der Waals surface area contributed by atoms with E-state index in [-0.39, 0.29) is 5.69 Å². The number of hydrogen-bond donors (Lipinski definition) is 1. The first-order valence-corrected chi connectivity index (χ1v) is 10.8. The summed E-state index contributed by atoms with van der Waals surface area (Å²) in [7, 11) is 0. The molecule has 1 heterocycles. The van der Waals surface area contributed by atoms with Crippen LogP contribution in [0.25, 0.3) is 5.69 Å². The van der Waals surface area contributed by atoms with Gasteiger partial charge in [-0.05, 0) is 43.2 Å². The van der Waals surface area contributed by atoms with Crippen molar-refractivity contribution in [2.75, 3.05) is 0 Å². The highest BCUT2D eigenvalue weighted by molar-refractivity contribution is 5.92. The molecular weight excluding hydrogens is 455 g/mol. The van der Waals surface area contributed by atoms with Crippen LogP contribution in [0.3, 0.4) is 0 Å². The van der Waals surface area contributed by atoms with Gasteiger partial charge >= 0.3 is 6.18 Å². The Hall–Kier alpha value is -4.20. The van der Waals surface area contributed by atoms with E-state index in [4.69, 9.17) is 0 Å². The van der Waals surface area contributed by atoms with Crippen molar-refractivity contribution in [2.24, 2.45) is 0 Å². The minimum Gasteiger partial charge on any atom is -0.340 e. The molecule has 0 radical (unpaired) electrons. The first-order valence-electron chi connectivity index (χ1n) is 10.8. The molecule has 0 aliphatic rings. The third kappa shape index (κ3) is 5.32. The fourth-order valence-electron chi connectivity index (χ4n) is 3.74. The van der Waals surface area contributed by atoms with Crippen LogP contribution in [0.5, 0.6) is 0 Å². The van der Waals surface area contributed by atoms with Gasteiger partial charge in [0.2, 0.25) is 5.43 Å². The molecule has 1 unspecified atom stereocenters. The molecule has 1 amide bonds. The Balaban J connectivity index is 1.73. The molecule has 0 saturated heterocycles. The predicted molar refractivity (Wildman–Crippen MR) is 127 cm³/mol. The molecule has 35 heavy (non-hydrogen) atoms. The number of carbonyl (C=O) groups is 1. The van der Waals surface area contributed by atoms with Crippen molar-refractivity contribution in [3.05, 3.63) is 129 Å². The van der Waals surface area contributed by atoms with Gasteiger partial charge < -0.3 is 5.32 Å². The lowest BCUT2D eigenvalue weighted by Gasteiger charge is -2.20. The summed E-state index contributed by atoms with van der Waals surface area (Å²) in [5, 5.41) is 7.01. The monoisotopic (exact) mass is 477 g/mol. The highest BCUT2D eigenvalue weighted by Gasteiger charge is 2.31. The Labute approximate surface area is 199 Å². The van der Waals surface area contributed by atoms with Crippen LogP contribution in [-0.2, 0) is 6.18 Å². The maximum absolute atomic E-state index is 13.2. The van der Waals surface area contributed by atoms with E-state index in [0.717, 1.165) is 33.5 Å². The Morgan fingerprint density at radius 2 is 1.54 bits per heavy atom. The molecule has 0 fully saturated rings. The van der Waals surface area contributed by atoms with Gasteiger partial charge in [0.25, 0.3) is 5.91 Å². The van der Waals surface area contributed by atoms with Crippen LogP contribution in [0.2, 0.25) is 0 Å². The van der Waals surface area contributed by atoms with E-state index >= 15 is 0 Å². The highest BCUT2D eigenvalue weighted by Crippen LogP contribution is 2.30. The third-order valence-electron chi connectivity index (χ3n) is 5.56. The fraction of sp³-hybridized carbons (Fsp3) is 0.148. The number of halogens is 3. The van der Waals surface area contributed by atoms with E-state index in [1.54, 1.807) is 0 Å². The zero-order valence-electron chi connectivity index (χ0n) is 19.0. The summed E-state index contributed by atoms with van der Waals surface area (Å²) in [6, 6.07) is 22.0. The van der Waals surface area contributed by atoms with Gasteiger partial charge in [-0.15, -0.1) is 0 Å². The number of rotatable bonds is 5. The third-order valence-corrected chi connectivity index (χ3v) is 5.56. The average Bonchev–Trinajstić information content (AvgIpc) is 2.83. The molecule has 1 atom stereocenters. The van der Waals surface area contributed by atoms with Crippen molar-refractivity contribution in [2.45, 2.75) is 26.1 Å². The van der Waals surface area contributed by atoms with Crippen molar-refractivity contribution in [3.63, 3.8) is 0 Å². The summed E-state index contributed by atoms with van der Waals surface area (Å²) >= 11 is 0. The lowest BCUT2D eigenvalue weighted by Crippen LogP contribution is -2.35. The number of nitrogens with zero attached hydrogens (tertiary/aromatic N) is 2. The molecule has 1 aromatic heterocycles. The maximum atomic E-state index is 13.2. The summed E-state index contributed by atoms with van der Waals surface area (Å²) in [5.74, 6) is -0.731. The average molecular weight is 477 g/mol. The van der Waals surface area contributed by atoms with Gasteiger partial charge in [0.15, 0.2) is 5.69 Å². The molecule has 8 heteroatoms. The largest absolute Gasteiger partial charge is 0.416 e. The number of nitrogens with one attached hydrogen (secondary N) is 1. The molecule has 0 saturated carbocycles. The summed E-state index contributed by atoms with van der Waals surface area (Å²) in [4.78, 5) is 25.9. The smallest absolute Gasteiger partial charge is 0.340 e. The second-order valence-corrected chi connectivity index (χ2v) is 8.19. The normalized spacial score (nSPS) is 12.3. The Morgan fingerprint density at radius 1 is 0.886 bits per heavy atom. The molecule has 0 aliphatic carbocycles. The molecule has 5 nitrogen and oxygen atoms in total. The molecular formula is C27H22F3N3O2. The number of carbonyl (C=O) groups excluding carboxylic acids is 1. The van der Waals surface area contributed by atoms with Gasteiger partial charge in [-0.1, -0.05) is 66.2 Å². The lowest BCUT2D eigenvalue weighted by molar-refractivity contribution is -0.137. The second-order valence-electron chi connectivity index (χ2n) is 8.19. The maximum Gasteiger partial charge on any atom is 0.416 e. The van der Waals surface area contributed by atoms with Gasteiger partial charge in [-0.2, -0.15) is 18.3 Å². The first-order chi connectivity index (χ1) is 16.6. The standard InChI is InChI=1S/C27H22F3N3O2/c1-17-11-13-20(14-12-17)24(19-7-4-3-5-8-19)31-26(35)25-23(34)15-18(2)33(32-25)22-10-6-9-21(16-22)27(28,29)30/h3-16,24H,1-2H3,(H,31,35). The van der Waals surface area contributed by atoms with Crippen molar-refractivity contribution >= 4 is 5.91 Å². The van der Waals surface area contributed by atoms with Crippen LogP contribution in [0.15, 0.2) is 89.7 Å². The van der Waals surface area contributed by atoms with E-state index in [9.17, 15) is 22.8 Å². The molecule has 0 spiro atoms. The number of hydrogen-bond acceptors (Lipinski definition) is 3. The second kappa shape index (κ2) is 9.58. The van der Waals surface area contributed by atoms with Crippen LogP contribution < -0.4 is 10.7 Å². The number of aromatic nitrogens is 2. The van der Waals surface area contributed by atoms with Crippen LogP contribution in [-0.4, -0.2) is 15.7 Å². The molecule has 3 aromatic carbocycles. The van der Waals surface area contributed by atoms with Crippen LogP contribution >= 0.6 is 0 Å². The molecule has 1 N–H and O–H groups in total. The Bertz CT molecular complexity index is 1410. The van der Waals surface area contributed by atoms with Crippen LogP contribution in [0.1, 0.15) is 44.5 Å². The van der Waals surface area contributed by atoms with Crippen LogP contribution in [0, 0.1) is 13.8 Å². The fourth-order valence-corrected chi connectivity index (χ4v) is 3.74. The SMILES string of the molecule is Cc1ccc(C(NC(=O)c2nn(-c3cccc(C(F)(F)F)c3)c(C)cc2=O)c2ccccc2)cc1. The zero-order valence-corrected chi connectivity index (χ0v) is 19.0. The van der Waals surface area contributed by atoms with Gasteiger partial charge in [0, 0.05) is 11.8 Å². The summed E-state index contributed by atoms with van der Waals surface area (Å²) in [6.45, 7) is 3.49. The van der Waals surface area contributed by atoms with Gasteiger partial charge in [-0.25, -0.2) is 4.68 Å². The molecule has 4 rings (SSSR count). The quantitative estimate of drug-likeness (QED) is 0.419. The molecule has 0 bridgehead atoms. The molecule has 0 aliphatic heterocycles. The van der Waals surface area contributed by atoms with E-state index < -0.39 is 34.8 Å². The van der Waals surface area contributed by atoms with Crippen molar-refractivity contribution < 1.29 is 18.0 Å². The number of alkyl halides is 3. The summed E-state index contributed by atoms with van der Waals surface area (Å²) < 4.78 is 40.8. The topological polar surface area (TPSA) is 64.0 Å². The predicted octanol–water partition coefficient (Wildman–Crippen LogP) is 5.39. The molecule has 4 aromatic rings. The summed E-state index contributed by atoms with van der Waals surface area (Å²) in [6.07, 6.45) is -4.54. The van der Waals surface area contributed by atoms with E-state index in [2.05, 4.69) is 10.4 Å². The van der Waals surface area contributed by atoms with Crippen molar-refractivity contribution in [1.29, 1.82) is 0 Å². The van der Waals surface area contributed by atoms with E-state index in [0.29, 0.717) is 5.69 Å². The molecule has 178 valence electrons. The van der Waals surface area contributed by atoms with Crippen molar-refractivity contribution in [1.82, 2.24) is 15.1 Å². The van der Waals surface area contributed by atoms with E-state index in [1.807, 2.05) is 61.5 Å². The Kier molecular flexibility index (Phi) is 6.55. The minimum atomic E-state index is -4.54. The first kappa shape index (κ1) is 23.9. The number of benzene rings is 3. The highest BCUT2D eigenvalue weighted by atomic mass is 19.4.